The molecule has 1 saturated heterocycles. The van der Waals surface area contributed by atoms with E-state index in [1.807, 2.05) is 24.8 Å². The van der Waals surface area contributed by atoms with Gasteiger partial charge in [-0.25, -0.2) is 8.42 Å². The first-order valence-corrected chi connectivity index (χ1v) is 10.9. The number of rotatable bonds is 6. The molecule has 2 heterocycles. The summed E-state index contributed by atoms with van der Waals surface area (Å²) in [7, 11) is -3.67. The lowest BCUT2D eigenvalue weighted by molar-refractivity contribution is -0.133. The zero-order valence-corrected chi connectivity index (χ0v) is 16.5. The molecule has 0 aliphatic carbocycles. The normalized spacial score (nSPS) is 16.0. The molecule has 0 radical (unpaired) electrons. The summed E-state index contributed by atoms with van der Waals surface area (Å²) in [5, 5.41) is 7.40. The monoisotopic (exact) mass is 391 g/mol. The molecule has 0 saturated carbocycles. The second-order valence-electron chi connectivity index (χ2n) is 7.40. The molecule has 7 nitrogen and oxygen atoms in total. The van der Waals surface area contributed by atoms with Gasteiger partial charge in [0.15, 0.2) is 0 Å². The molecule has 8 heteroatoms. The maximum Gasteiger partial charge on any atom is 0.335 e. The van der Waals surface area contributed by atoms with Gasteiger partial charge < -0.3 is 9.32 Å². The van der Waals surface area contributed by atoms with E-state index in [9.17, 15) is 13.2 Å². The fraction of sp³-hybridized carbons (Fsp3) is 0.526. The van der Waals surface area contributed by atoms with Crippen LogP contribution in [0, 0.1) is 5.92 Å². The van der Waals surface area contributed by atoms with Crippen LogP contribution in [0.25, 0.3) is 0 Å². The van der Waals surface area contributed by atoms with Crippen LogP contribution < -0.4 is 0 Å². The third-order valence-corrected chi connectivity index (χ3v) is 6.08. The SMILES string of the molecule is CC(C)CC(=O)N1CCC(c2nnc(S(=O)(=O)Cc3ccccc3)o2)CC1. The van der Waals surface area contributed by atoms with Crippen molar-refractivity contribution in [3.05, 3.63) is 41.8 Å². The van der Waals surface area contributed by atoms with Crippen LogP contribution in [0.15, 0.2) is 40.0 Å². The van der Waals surface area contributed by atoms with Gasteiger partial charge in [-0.1, -0.05) is 49.3 Å². The summed E-state index contributed by atoms with van der Waals surface area (Å²) in [6, 6.07) is 8.91. The van der Waals surface area contributed by atoms with Crippen LogP contribution in [0.2, 0.25) is 0 Å². The Balaban J connectivity index is 1.62. The molecular weight excluding hydrogens is 366 g/mol. The summed E-state index contributed by atoms with van der Waals surface area (Å²) in [4.78, 5) is 14.0. The quantitative estimate of drug-likeness (QED) is 0.752. The van der Waals surface area contributed by atoms with Gasteiger partial charge in [-0.3, -0.25) is 4.79 Å². The molecule has 1 fully saturated rings. The highest BCUT2D eigenvalue weighted by Crippen LogP contribution is 2.29. The predicted octanol–water partition coefficient (Wildman–Crippen LogP) is 2.80. The molecule has 1 aromatic carbocycles. The van der Waals surface area contributed by atoms with Gasteiger partial charge >= 0.3 is 5.22 Å². The highest BCUT2D eigenvalue weighted by atomic mass is 32.2. The van der Waals surface area contributed by atoms with Crippen LogP contribution in [0.1, 0.15) is 50.5 Å². The van der Waals surface area contributed by atoms with Gasteiger partial charge in [-0.15, -0.1) is 5.10 Å². The number of benzene rings is 1. The van der Waals surface area contributed by atoms with Crippen molar-refractivity contribution < 1.29 is 17.6 Å². The third kappa shape index (κ3) is 4.94. The van der Waals surface area contributed by atoms with Crippen LogP contribution in [-0.2, 0) is 20.4 Å². The number of hydrogen-bond acceptors (Lipinski definition) is 6. The van der Waals surface area contributed by atoms with Gasteiger partial charge in [0.05, 0.1) is 5.75 Å². The van der Waals surface area contributed by atoms with E-state index < -0.39 is 9.84 Å². The molecule has 0 bridgehead atoms. The predicted molar refractivity (Wildman–Crippen MR) is 99.6 cm³/mol. The van der Waals surface area contributed by atoms with Crippen molar-refractivity contribution in [2.24, 2.45) is 5.92 Å². The number of aromatic nitrogens is 2. The summed E-state index contributed by atoms with van der Waals surface area (Å²) in [5.74, 6) is 0.667. The molecule has 1 amide bonds. The Kier molecular flexibility index (Phi) is 5.94. The molecule has 0 spiro atoms. The van der Waals surface area contributed by atoms with Crippen LogP contribution in [0.4, 0.5) is 0 Å². The number of likely N-dealkylation sites (tertiary alicyclic amines) is 1. The van der Waals surface area contributed by atoms with Crippen LogP contribution in [-0.4, -0.2) is 42.5 Å². The Bertz CT molecular complexity index is 869. The zero-order valence-electron chi connectivity index (χ0n) is 15.7. The molecule has 0 unspecified atom stereocenters. The molecule has 146 valence electrons. The molecule has 0 atom stereocenters. The average Bonchev–Trinajstić information content (AvgIpc) is 3.13. The highest BCUT2D eigenvalue weighted by Gasteiger charge is 2.30. The van der Waals surface area contributed by atoms with Gasteiger partial charge in [-0.2, -0.15) is 0 Å². The molecule has 0 N–H and O–H groups in total. The average molecular weight is 391 g/mol. The minimum Gasteiger partial charge on any atom is -0.412 e. The minimum absolute atomic E-state index is 0.0127. The second-order valence-corrected chi connectivity index (χ2v) is 9.27. The number of amides is 1. The summed E-state index contributed by atoms with van der Waals surface area (Å²) in [6.45, 7) is 5.32. The fourth-order valence-electron chi connectivity index (χ4n) is 3.22. The summed E-state index contributed by atoms with van der Waals surface area (Å²) < 4.78 is 30.5. The first kappa shape index (κ1) is 19.5. The first-order valence-electron chi connectivity index (χ1n) is 9.23. The Morgan fingerprint density at radius 3 is 2.48 bits per heavy atom. The van der Waals surface area contributed by atoms with E-state index in [1.54, 1.807) is 24.3 Å². The Morgan fingerprint density at radius 2 is 1.85 bits per heavy atom. The van der Waals surface area contributed by atoms with Crippen LogP contribution >= 0.6 is 0 Å². The zero-order chi connectivity index (χ0) is 19.4. The summed E-state index contributed by atoms with van der Waals surface area (Å²) in [6.07, 6.45) is 1.95. The molecule has 2 aromatic rings. The van der Waals surface area contributed by atoms with E-state index in [4.69, 9.17) is 4.42 Å². The van der Waals surface area contributed by atoms with Crippen molar-refractivity contribution in [2.45, 2.75) is 50.0 Å². The number of carbonyl (C=O) groups is 1. The Labute approximate surface area is 159 Å². The second kappa shape index (κ2) is 8.21. The lowest BCUT2D eigenvalue weighted by Gasteiger charge is -2.31. The van der Waals surface area contributed by atoms with E-state index >= 15 is 0 Å². The van der Waals surface area contributed by atoms with E-state index in [2.05, 4.69) is 10.2 Å². The van der Waals surface area contributed by atoms with Gasteiger partial charge in [0.2, 0.25) is 21.6 Å². The summed E-state index contributed by atoms with van der Waals surface area (Å²) in [5.41, 5.74) is 0.675. The van der Waals surface area contributed by atoms with Crippen molar-refractivity contribution in [3.63, 3.8) is 0 Å². The van der Waals surface area contributed by atoms with Gasteiger partial charge in [0, 0.05) is 25.4 Å². The van der Waals surface area contributed by atoms with E-state index in [-0.39, 0.29) is 22.8 Å². The topological polar surface area (TPSA) is 93.4 Å². The van der Waals surface area contributed by atoms with Crippen molar-refractivity contribution in [1.29, 1.82) is 0 Å². The Morgan fingerprint density at radius 1 is 1.19 bits per heavy atom. The Hall–Kier alpha value is -2.22. The highest BCUT2D eigenvalue weighted by molar-refractivity contribution is 7.90. The number of nitrogens with zero attached hydrogens (tertiary/aromatic N) is 3. The summed E-state index contributed by atoms with van der Waals surface area (Å²) >= 11 is 0. The van der Waals surface area contributed by atoms with Crippen molar-refractivity contribution in [1.82, 2.24) is 15.1 Å². The molecule has 1 aliphatic rings. The molecule has 3 rings (SSSR count). The van der Waals surface area contributed by atoms with E-state index in [1.165, 1.54) is 0 Å². The number of carbonyl (C=O) groups excluding carboxylic acids is 1. The van der Waals surface area contributed by atoms with Crippen molar-refractivity contribution in [2.75, 3.05) is 13.1 Å². The largest absolute Gasteiger partial charge is 0.412 e. The molecule has 1 aromatic heterocycles. The minimum atomic E-state index is -3.67. The van der Waals surface area contributed by atoms with Crippen molar-refractivity contribution in [3.8, 4) is 0 Å². The molecule has 1 aliphatic heterocycles. The maximum atomic E-state index is 12.5. The third-order valence-electron chi connectivity index (χ3n) is 4.67. The lowest BCUT2D eigenvalue weighted by atomic mass is 9.96. The van der Waals surface area contributed by atoms with E-state index in [0.717, 1.165) is 0 Å². The first-order chi connectivity index (χ1) is 12.8. The van der Waals surface area contributed by atoms with E-state index in [0.29, 0.717) is 49.7 Å². The smallest absolute Gasteiger partial charge is 0.335 e. The standard InChI is InChI=1S/C19H25N3O4S/c1-14(2)12-17(23)22-10-8-16(9-11-22)18-20-21-19(26-18)27(24,25)13-15-6-4-3-5-7-15/h3-7,14,16H,8-13H2,1-2H3. The molecular formula is C19H25N3O4S. The van der Waals surface area contributed by atoms with Gasteiger partial charge in [0.1, 0.15) is 0 Å². The maximum absolute atomic E-state index is 12.5. The fourth-order valence-corrected chi connectivity index (χ4v) is 4.35. The van der Waals surface area contributed by atoms with Crippen molar-refractivity contribution >= 4 is 15.7 Å². The lowest BCUT2D eigenvalue weighted by Crippen LogP contribution is -2.38. The van der Waals surface area contributed by atoms with Gasteiger partial charge in [-0.05, 0) is 24.3 Å². The number of hydrogen-bond donors (Lipinski definition) is 0. The van der Waals surface area contributed by atoms with Crippen LogP contribution in [0.3, 0.4) is 0 Å². The molecule has 27 heavy (non-hydrogen) atoms. The number of sulfone groups is 1. The number of piperidine rings is 1. The van der Waals surface area contributed by atoms with Crippen LogP contribution in [0.5, 0.6) is 0 Å². The van der Waals surface area contributed by atoms with Gasteiger partial charge in [0.25, 0.3) is 0 Å².